The number of ether oxygens (including phenoxy) is 1. The van der Waals surface area contributed by atoms with Crippen molar-refractivity contribution in [3.63, 3.8) is 0 Å². The van der Waals surface area contributed by atoms with Crippen molar-refractivity contribution in [1.29, 1.82) is 0 Å². The zero-order valence-electron chi connectivity index (χ0n) is 15.6. The van der Waals surface area contributed by atoms with E-state index < -0.39 is 10.0 Å². The first-order valence-electron chi connectivity index (χ1n) is 8.97. The third-order valence-electron chi connectivity index (χ3n) is 4.71. The third-order valence-corrected chi connectivity index (χ3v) is 6.75. The van der Waals surface area contributed by atoms with Gasteiger partial charge in [-0.1, -0.05) is 12.1 Å². The monoisotopic (exact) mass is 374 g/mol. The summed E-state index contributed by atoms with van der Waals surface area (Å²) in [7, 11) is -3.45. The van der Waals surface area contributed by atoms with E-state index in [-0.39, 0.29) is 0 Å². The molecule has 1 heterocycles. The molecule has 0 aliphatic carbocycles. The number of hydrogen-bond donors (Lipinski definition) is 0. The van der Waals surface area contributed by atoms with Gasteiger partial charge in [-0.05, 0) is 62.2 Å². The predicted molar refractivity (Wildman–Crippen MR) is 104 cm³/mol. The maximum Gasteiger partial charge on any atom is 0.243 e. The SMILES string of the molecule is CCOc1ccc(N2CCN(S(=O)(=O)c3cc(C)ccc3C)CC2)cc1. The molecular formula is C20H26N2O3S. The van der Waals surface area contributed by atoms with E-state index in [9.17, 15) is 8.42 Å². The fourth-order valence-electron chi connectivity index (χ4n) is 3.23. The van der Waals surface area contributed by atoms with Crippen LogP contribution in [-0.4, -0.2) is 45.5 Å². The van der Waals surface area contributed by atoms with E-state index in [2.05, 4.69) is 4.90 Å². The van der Waals surface area contributed by atoms with Crippen LogP contribution in [0.2, 0.25) is 0 Å². The fourth-order valence-corrected chi connectivity index (χ4v) is 4.96. The molecule has 1 aliphatic rings. The summed E-state index contributed by atoms with van der Waals surface area (Å²) >= 11 is 0. The van der Waals surface area contributed by atoms with Gasteiger partial charge in [0.25, 0.3) is 0 Å². The Morgan fingerprint density at radius 2 is 1.62 bits per heavy atom. The molecule has 0 unspecified atom stereocenters. The fraction of sp³-hybridized carbons (Fsp3) is 0.400. The van der Waals surface area contributed by atoms with Gasteiger partial charge < -0.3 is 9.64 Å². The number of benzene rings is 2. The van der Waals surface area contributed by atoms with Crippen LogP contribution in [-0.2, 0) is 10.0 Å². The van der Waals surface area contributed by atoms with Crippen molar-refractivity contribution < 1.29 is 13.2 Å². The number of anilines is 1. The second-order valence-electron chi connectivity index (χ2n) is 6.59. The van der Waals surface area contributed by atoms with Gasteiger partial charge in [-0.15, -0.1) is 0 Å². The highest BCUT2D eigenvalue weighted by atomic mass is 32.2. The highest BCUT2D eigenvalue weighted by molar-refractivity contribution is 7.89. The first-order chi connectivity index (χ1) is 12.4. The lowest BCUT2D eigenvalue weighted by atomic mass is 10.2. The van der Waals surface area contributed by atoms with Crippen molar-refractivity contribution in [3.05, 3.63) is 53.6 Å². The summed E-state index contributed by atoms with van der Waals surface area (Å²) < 4.78 is 33.1. The number of nitrogens with zero attached hydrogens (tertiary/aromatic N) is 2. The smallest absolute Gasteiger partial charge is 0.243 e. The minimum atomic E-state index is -3.45. The topological polar surface area (TPSA) is 49.9 Å². The van der Waals surface area contributed by atoms with Crippen LogP contribution in [0.15, 0.2) is 47.4 Å². The Hall–Kier alpha value is -2.05. The highest BCUT2D eigenvalue weighted by Crippen LogP contribution is 2.25. The molecule has 26 heavy (non-hydrogen) atoms. The predicted octanol–water partition coefficient (Wildman–Crippen LogP) is 3.21. The lowest BCUT2D eigenvalue weighted by molar-refractivity contribution is 0.340. The van der Waals surface area contributed by atoms with Crippen LogP contribution in [0.4, 0.5) is 5.69 Å². The molecule has 0 amide bonds. The molecule has 2 aromatic rings. The molecule has 0 saturated carbocycles. The van der Waals surface area contributed by atoms with Crippen molar-refractivity contribution >= 4 is 15.7 Å². The molecule has 0 spiro atoms. The first kappa shape index (κ1) is 18.7. The molecule has 0 aromatic heterocycles. The Kier molecular flexibility index (Phi) is 5.53. The summed E-state index contributed by atoms with van der Waals surface area (Å²) in [6, 6.07) is 13.6. The number of hydrogen-bond acceptors (Lipinski definition) is 4. The van der Waals surface area contributed by atoms with Crippen LogP contribution in [0.1, 0.15) is 18.1 Å². The summed E-state index contributed by atoms with van der Waals surface area (Å²) in [5.41, 5.74) is 2.85. The van der Waals surface area contributed by atoms with Crippen molar-refractivity contribution in [2.45, 2.75) is 25.7 Å². The summed E-state index contributed by atoms with van der Waals surface area (Å²) in [5, 5.41) is 0. The molecule has 140 valence electrons. The van der Waals surface area contributed by atoms with E-state index in [0.29, 0.717) is 37.7 Å². The van der Waals surface area contributed by atoms with Crippen LogP contribution in [0.25, 0.3) is 0 Å². The third kappa shape index (κ3) is 3.86. The van der Waals surface area contributed by atoms with Gasteiger partial charge in [-0.25, -0.2) is 8.42 Å². The molecule has 0 bridgehead atoms. The average molecular weight is 375 g/mol. The van der Waals surface area contributed by atoms with Gasteiger partial charge in [0.15, 0.2) is 0 Å². The van der Waals surface area contributed by atoms with Crippen LogP contribution in [0, 0.1) is 13.8 Å². The zero-order chi connectivity index (χ0) is 18.7. The molecule has 1 aliphatic heterocycles. The number of aryl methyl sites for hydroxylation is 2. The maximum atomic E-state index is 13.0. The van der Waals surface area contributed by atoms with Crippen molar-refractivity contribution in [2.75, 3.05) is 37.7 Å². The van der Waals surface area contributed by atoms with E-state index in [4.69, 9.17) is 4.74 Å². The zero-order valence-corrected chi connectivity index (χ0v) is 16.4. The van der Waals surface area contributed by atoms with Crippen LogP contribution < -0.4 is 9.64 Å². The molecule has 0 N–H and O–H groups in total. The Morgan fingerprint density at radius 1 is 0.962 bits per heavy atom. The number of sulfonamides is 1. The van der Waals surface area contributed by atoms with Crippen molar-refractivity contribution in [1.82, 2.24) is 4.31 Å². The molecule has 0 atom stereocenters. The molecule has 6 heteroatoms. The van der Waals surface area contributed by atoms with Crippen LogP contribution in [0.5, 0.6) is 5.75 Å². The lowest BCUT2D eigenvalue weighted by Gasteiger charge is -2.35. The first-order valence-corrected chi connectivity index (χ1v) is 10.4. The largest absolute Gasteiger partial charge is 0.494 e. The standard InChI is InChI=1S/C20H26N2O3S/c1-4-25-19-9-7-18(8-10-19)21-11-13-22(14-12-21)26(23,24)20-15-16(2)5-6-17(20)3/h5-10,15H,4,11-14H2,1-3H3. The van der Waals surface area contributed by atoms with Gasteiger partial charge in [0.1, 0.15) is 5.75 Å². The lowest BCUT2D eigenvalue weighted by Crippen LogP contribution is -2.48. The van der Waals surface area contributed by atoms with E-state index in [1.54, 1.807) is 10.4 Å². The molecule has 1 saturated heterocycles. The Bertz CT molecular complexity index is 855. The Morgan fingerprint density at radius 3 is 2.23 bits per heavy atom. The molecule has 0 radical (unpaired) electrons. The van der Waals surface area contributed by atoms with Gasteiger partial charge in [-0.2, -0.15) is 4.31 Å². The van der Waals surface area contributed by atoms with Gasteiger partial charge >= 0.3 is 0 Å². The molecule has 5 nitrogen and oxygen atoms in total. The van der Waals surface area contributed by atoms with E-state index in [1.807, 2.05) is 57.2 Å². The normalized spacial score (nSPS) is 15.9. The molecule has 3 rings (SSSR count). The van der Waals surface area contributed by atoms with Crippen molar-refractivity contribution in [3.8, 4) is 5.75 Å². The second kappa shape index (κ2) is 7.68. The average Bonchev–Trinajstić information content (AvgIpc) is 2.65. The van der Waals surface area contributed by atoms with E-state index in [0.717, 1.165) is 22.6 Å². The van der Waals surface area contributed by atoms with Crippen molar-refractivity contribution in [2.24, 2.45) is 0 Å². The van der Waals surface area contributed by atoms with E-state index >= 15 is 0 Å². The number of piperazine rings is 1. The summed E-state index contributed by atoms with van der Waals surface area (Å²) in [5.74, 6) is 0.854. The van der Waals surface area contributed by atoms with Gasteiger partial charge in [0.2, 0.25) is 10.0 Å². The second-order valence-corrected chi connectivity index (χ2v) is 8.49. The van der Waals surface area contributed by atoms with E-state index in [1.165, 1.54) is 0 Å². The Balaban J connectivity index is 1.70. The summed E-state index contributed by atoms with van der Waals surface area (Å²) in [6.07, 6.45) is 0. The highest BCUT2D eigenvalue weighted by Gasteiger charge is 2.29. The molecular weight excluding hydrogens is 348 g/mol. The van der Waals surface area contributed by atoms with Gasteiger partial charge in [0.05, 0.1) is 11.5 Å². The van der Waals surface area contributed by atoms with Gasteiger partial charge in [-0.3, -0.25) is 0 Å². The molecule has 2 aromatic carbocycles. The Labute approximate surface area is 156 Å². The maximum absolute atomic E-state index is 13.0. The molecule has 1 fully saturated rings. The van der Waals surface area contributed by atoms with Gasteiger partial charge in [0, 0.05) is 31.9 Å². The summed E-state index contributed by atoms with van der Waals surface area (Å²) in [6.45, 7) is 8.71. The quantitative estimate of drug-likeness (QED) is 0.806. The number of rotatable bonds is 5. The summed E-state index contributed by atoms with van der Waals surface area (Å²) in [4.78, 5) is 2.64. The van der Waals surface area contributed by atoms with Crippen LogP contribution in [0.3, 0.4) is 0 Å². The van der Waals surface area contributed by atoms with Crippen LogP contribution >= 0.6 is 0 Å². The minimum absolute atomic E-state index is 0.423. The minimum Gasteiger partial charge on any atom is -0.494 e.